The molecule has 0 unspecified atom stereocenters. The topological polar surface area (TPSA) is 58.2 Å². The van der Waals surface area contributed by atoms with Crippen molar-refractivity contribution in [2.45, 2.75) is 6.61 Å². The number of carbonyl (C=O) groups is 1. The van der Waals surface area contributed by atoms with Gasteiger partial charge in [0.1, 0.15) is 6.61 Å². The molecule has 2 aromatic carbocycles. The number of rotatable bonds is 3. The molecule has 0 saturated heterocycles. The predicted molar refractivity (Wildman–Crippen MR) is 81.1 cm³/mol. The number of aromatic amines is 1. The van der Waals surface area contributed by atoms with Crippen LogP contribution in [0.25, 0.3) is 11.0 Å². The molecular weight excluding hydrogens is 266 g/mol. The first-order valence-corrected chi connectivity index (χ1v) is 6.61. The van der Waals surface area contributed by atoms with Crippen molar-refractivity contribution in [1.82, 2.24) is 9.97 Å². The highest BCUT2D eigenvalue weighted by Crippen LogP contribution is 2.19. The van der Waals surface area contributed by atoms with Gasteiger partial charge in [-0.1, -0.05) is 30.3 Å². The second kappa shape index (κ2) is 5.66. The Morgan fingerprint density at radius 3 is 2.86 bits per heavy atom. The molecule has 5 heteroatoms. The molecule has 5 nitrogen and oxygen atoms in total. The molecule has 0 spiro atoms. The van der Waals surface area contributed by atoms with Crippen molar-refractivity contribution in [3.05, 3.63) is 60.4 Å². The smallest absolute Gasteiger partial charge is 0.414 e. The Labute approximate surface area is 122 Å². The molecule has 0 bridgehead atoms. The van der Waals surface area contributed by atoms with E-state index in [4.69, 9.17) is 4.74 Å². The minimum atomic E-state index is -0.391. The molecule has 106 valence electrons. The quantitative estimate of drug-likeness (QED) is 0.801. The summed E-state index contributed by atoms with van der Waals surface area (Å²) < 4.78 is 5.30. The zero-order valence-electron chi connectivity index (χ0n) is 11.6. The summed E-state index contributed by atoms with van der Waals surface area (Å²) in [6, 6.07) is 15.2. The third kappa shape index (κ3) is 2.86. The van der Waals surface area contributed by atoms with Gasteiger partial charge in [-0.3, -0.25) is 4.90 Å². The Bertz CT molecular complexity index is 752. The van der Waals surface area contributed by atoms with Crippen LogP contribution in [0.4, 0.5) is 10.5 Å². The first-order chi connectivity index (χ1) is 10.2. The van der Waals surface area contributed by atoms with Crippen LogP contribution in [0.2, 0.25) is 0 Å². The third-order valence-corrected chi connectivity index (χ3v) is 3.27. The normalized spacial score (nSPS) is 10.5. The van der Waals surface area contributed by atoms with E-state index in [1.807, 2.05) is 48.5 Å². The molecule has 0 radical (unpaired) electrons. The molecular formula is C16H15N3O2. The van der Waals surface area contributed by atoms with E-state index in [9.17, 15) is 4.79 Å². The maximum atomic E-state index is 12.1. The van der Waals surface area contributed by atoms with Crippen molar-refractivity contribution in [2.75, 3.05) is 11.9 Å². The van der Waals surface area contributed by atoms with E-state index in [1.54, 1.807) is 13.4 Å². The fourth-order valence-electron chi connectivity index (χ4n) is 2.05. The lowest BCUT2D eigenvalue weighted by molar-refractivity contribution is 0.148. The number of imidazole rings is 1. The zero-order valence-corrected chi connectivity index (χ0v) is 11.6. The predicted octanol–water partition coefficient (Wildman–Crippen LogP) is 3.34. The van der Waals surface area contributed by atoms with Crippen LogP contribution in [0.5, 0.6) is 0 Å². The number of fused-ring (bicyclic) bond motifs is 1. The minimum absolute atomic E-state index is 0.260. The number of nitrogens with one attached hydrogen (secondary N) is 1. The summed E-state index contributed by atoms with van der Waals surface area (Å²) in [5.41, 5.74) is 3.47. The highest BCUT2D eigenvalue weighted by molar-refractivity contribution is 5.90. The van der Waals surface area contributed by atoms with Crippen molar-refractivity contribution >= 4 is 22.8 Å². The largest absolute Gasteiger partial charge is 0.444 e. The lowest BCUT2D eigenvalue weighted by atomic mass is 10.2. The van der Waals surface area contributed by atoms with E-state index >= 15 is 0 Å². The first-order valence-electron chi connectivity index (χ1n) is 6.61. The number of hydrogen-bond donors (Lipinski definition) is 1. The maximum Gasteiger partial charge on any atom is 0.414 e. The lowest BCUT2D eigenvalue weighted by Crippen LogP contribution is -2.26. The molecule has 0 fully saturated rings. The molecule has 0 aliphatic rings. The molecule has 3 rings (SSSR count). The molecule has 1 aromatic heterocycles. The van der Waals surface area contributed by atoms with Crippen LogP contribution in [0.15, 0.2) is 54.9 Å². The van der Waals surface area contributed by atoms with Gasteiger partial charge in [-0.15, -0.1) is 0 Å². The molecule has 1 heterocycles. The summed E-state index contributed by atoms with van der Waals surface area (Å²) in [6.07, 6.45) is 1.24. The van der Waals surface area contributed by atoms with Crippen LogP contribution in [-0.2, 0) is 11.3 Å². The standard InChI is InChI=1S/C16H15N3O2/c1-19(13-7-8-14-15(9-13)18-11-17-14)16(20)21-10-12-5-3-2-4-6-12/h2-9,11H,10H2,1H3,(H,17,18). The Balaban J connectivity index is 1.68. The number of benzene rings is 2. The van der Waals surface area contributed by atoms with E-state index in [0.29, 0.717) is 0 Å². The van der Waals surface area contributed by atoms with Gasteiger partial charge in [-0.2, -0.15) is 0 Å². The average molecular weight is 281 g/mol. The van der Waals surface area contributed by atoms with Gasteiger partial charge in [0, 0.05) is 12.7 Å². The number of amides is 1. The Morgan fingerprint density at radius 1 is 1.24 bits per heavy atom. The Hall–Kier alpha value is -2.82. The van der Waals surface area contributed by atoms with Gasteiger partial charge in [-0.05, 0) is 23.8 Å². The SMILES string of the molecule is CN(C(=O)OCc1ccccc1)c1ccc2nc[nH]c2c1. The fourth-order valence-corrected chi connectivity index (χ4v) is 2.05. The summed E-state index contributed by atoms with van der Waals surface area (Å²) in [5, 5.41) is 0. The molecule has 0 saturated carbocycles. The number of hydrogen-bond acceptors (Lipinski definition) is 3. The molecule has 21 heavy (non-hydrogen) atoms. The summed E-state index contributed by atoms with van der Waals surface area (Å²) >= 11 is 0. The highest BCUT2D eigenvalue weighted by atomic mass is 16.6. The summed E-state index contributed by atoms with van der Waals surface area (Å²) in [4.78, 5) is 20.7. The van der Waals surface area contributed by atoms with Gasteiger partial charge in [0.15, 0.2) is 0 Å². The molecule has 0 atom stereocenters. The molecule has 1 amide bonds. The molecule has 1 N–H and O–H groups in total. The Morgan fingerprint density at radius 2 is 2.05 bits per heavy atom. The number of H-pyrrole nitrogens is 1. The monoisotopic (exact) mass is 281 g/mol. The van der Waals surface area contributed by atoms with E-state index in [0.717, 1.165) is 22.3 Å². The number of aromatic nitrogens is 2. The molecule has 0 aliphatic heterocycles. The molecule has 0 aliphatic carbocycles. The average Bonchev–Trinajstić information content (AvgIpc) is 3.00. The number of carbonyl (C=O) groups excluding carboxylic acids is 1. The Kier molecular flexibility index (Phi) is 3.55. The van der Waals surface area contributed by atoms with Crippen molar-refractivity contribution < 1.29 is 9.53 Å². The van der Waals surface area contributed by atoms with Gasteiger partial charge in [-0.25, -0.2) is 9.78 Å². The van der Waals surface area contributed by atoms with Gasteiger partial charge in [0.25, 0.3) is 0 Å². The van der Waals surface area contributed by atoms with Crippen molar-refractivity contribution in [1.29, 1.82) is 0 Å². The van der Waals surface area contributed by atoms with Crippen LogP contribution in [-0.4, -0.2) is 23.1 Å². The second-order valence-corrected chi connectivity index (χ2v) is 4.70. The molecule has 3 aromatic rings. The number of nitrogens with zero attached hydrogens (tertiary/aromatic N) is 2. The minimum Gasteiger partial charge on any atom is -0.444 e. The van der Waals surface area contributed by atoms with E-state index in [2.05, 4.69) is 9.97 Å². The first kappa shape index (κ1) is 13.2. The van der Waals surface area contributed by atoms with E-state index < -0.39 is 6.09 Å². The lowest BCUT2D eigenvalue weighted by Gasteiger charge is -2.17. The summed E-state index contributed by atoms with van der Waals surface area (Å²) in [5.74, 6) is 0. The fraction of sp³-hybridized carbons (Fsp3) is 0.125. The van der Waals surface area contributed by atoms with Crippen molar-refractivity contribution in [3.63, 3.8) is 0 Å². The van der Waals surface area contributed by atoms with Crippen LogP contribution in [0.1, 0.15) is 5.56 Å². The van der Waals surface area contributed by atoms with Crippen LogP contribution >= 0.6 is 0 Å². The van der Waals surface area contributed by atoms with E-state index in [1.165, 1.54) is 4.90 Å². The second-order valence-electron chi connectivity index (χ2n) is 4.70. The maximum absolute atomic E-state index is 12.1. The van der Waals surface area contributed by atoms with Crippen LogP contribution < -0.4 is 4.90 Å². The van der Waals surface area contributed by atoms with E-state index in [-0.39, 0.29) is 6.61 Å². The van der Waals surface area contributed by atoms with Gasteiger partial charge < -0.3 is 9.72 Å². The van der Waals surface area contributed by atoms with Crippen molar-refractivity contribution in [3.8, 4) is 0 Å². The van der Waals surface area contributed by atoms with Gasteiger partial charge in [0.05, 0.1) is 17.4 Å². The number of anilines is 1. The summed E-state index contributed by atoms with van der Waals surface area (Å²) in [7, 11) is 1.69. The number of ether oxygens (including phenoxy) is 1. The van der Waals surface area contributed by atoms with Crippen molar-refractivity contribution in [2.24, 2.45) is 0 Å². The third-order valence-electron chi connectivity index (χ3n) is 3.27. The van der Waals surface area contributed by atoms with Gasteiger partial charge in [0.2, 0.25) is 0 Å². The van der Waals surface area contributed by atoms with Gasteiger partial charge >= 0.3 is 6.09 Å². The van der Waals surface area contributed by atoms with Crippen LogP contribution in [0, 0.1) is 0 Å². The highest BCUT2D eigenvalue weighted by Gasteiger charge is 2.13. The van der Waals surface area contributed by atoms with Crippen LogP contribution in [0.3, 0.4) is 0 Å². The zero-order chi connectivity index (χ0) is 14.7. The summed E-state index contributed by atoms with van der Waals surface area (Å²) in [6.45, 7) is 0.260.